The minimum Gasteiger partial charge on any atom is -0.326 e. The molecule has 0 bridgehead atoms. The number of carbonyl (C=O) groups excluding carboxylic acids is 2. The molecule has 3 rings (SSSR count). The van der Waals surface area contributed by atoms with Gasteiger partial charge in [-0.1, -0.05) is 56.6 Å². The molecule has 7 heteroatoms. The number of amides is 2. The lowest BCUT2D eigenvalue weighted by atomic mass is 9.95. The third kappa shape index (κ3) is 5.45. The number of benzene rings is 2. The highest BCUT2D eigenvalue weighted by Crippen LogP contribution is 2.21. The van der Waals surface area contributed by atoms with E-state index in [-0.39, 0.29) is 11.8 Å². The van der Waals surface area contributed by atoms with Crippen LogP contribution in [0.5, 0.6) is 0 Å². The third-order valence-corrected chi connectivity index (χ3v) is 4.61. The van der Waals surface area contributed by atoms with Crippen LogP contribution < -0.4 is 10.6 Å². The van der Waals surface area contributed by atoms with Crippen molar-refractivity contribution in [2.24, 2.45) is 5.41 Å². The molecule has 3 aromatic rings. The standard InChI is InChI=1S/C22H23ClN4O2/c1-22(2,3)21(29)26-18-9-6-8-17(11-18)25-20(28)16-12-24-27(14-16)13-15-7-4-5-10-19(15)23/h4-12,14H,13H2,1-3H3,(H,25,28)(H,26,29). The van der Waals surface area contributed by atoms with Gasteiger partial charge in [-0.2, -0.15) is 5.10 Å². The van der Waals surface area contributed by atoms with Crippen molar-refractivity contribution in [3.8, 4) is 0 Å². The normalized spacial score (nSPS) is 11.2. The predicted molar refractivity (Wildman–Crippen MR) is 115 cm³/mol. The summed E-state index contributed by atoms with van der Waals surface area (Å²) in [6, 6.07) is 14.5. The van der Waals surface area contributed by atoms with Gasteiger partial charge in [0.05, 0.1) is 18.3 Å². The summed E-state index contributed by atoms with van der Waals surface area (Å²) in [6.07, 6.45) is 3.18. The number of aromatic nitrogens is 2. The maximum absolute atomic E-state index is 12.6. The minimum absolute atomic E-state index is 0.0955. The fourth-order valence-electron chi connectivity index (χ4n) is 2.57. The zero-order valence-corrected chi connectivity index (χ0v) is 17.3. The van der Waals surface area contributed by atoms with E-state index >= 15 is 0 Å². The smallest absolute Gasteiger partial charge is 0.258 e. The SMILES string of the molecule is CC(C)(C)C(=O)Nc1cccc(NC(=O)c2cnn(Cc3ccccc3Cl)c2)c1. The molecule has 1 heterocycles. The van der Waals surface area contributed by atoms with Gasteiger partial charge in [0.15, 0.2) is 0 Å². The maximum Gasteiger partial charge on any atom is 0.258 e. The summed E-state index contributed by atoms with van der Waals surface area (Å²) in [6.45, 7) is 6.00. The van der Waals surface area contributed by atoms with Gasteiger partial charge in [-0.25, -0.2) is 0 Å². The zero-order chi connectivity index (χ0) is 21.0. The van der Waals surface area contributed by atoms with Crippen molar-refractivity contribution in [2.75, 3.05) is 10.6 Å². The van der Waals surface area contributed by atoms with E-state index in [2.05, 4.69) is 15.7 Å². The molecular weight excluding hydrogens is 388 g/mol. The molecule has 0 radical (unpaired) electrons. The second-order valence-electron chi connectivity index (χ2n) is 7.76. The predicted octanol–water partition coefficient (Wildman–Crippen LogP) is 4.82. The topological polar surface area (TPSA) is 76.0 Å². The van der Waals surface area contributed by atoms with Crippen LogP contribution in [0.2, 0.25) is 5.02 Å². The highest BCUT2D eigenvalue weighted by atomic mass is 35.5. The molecule has 0 atom stereocenters. The Morgan fingerprint density at radius 2 is 1.72 bits per heavy atom. The minimum atomic E-state index is -0.504. The van der Waals surface area contributed by atoms with Gasteiger partial charge in [-0.15, -0.1) is 0 Å². The molecule has 0 fully saturated rings. The Morgan fingerprint density at radius 1 is 1.03 bits per heavy atom. The van der Waals surface area contributed by atoms with Crippen LogP contribution in [0.15, 0.2) is 60.9 Å². The highest BCUT2D eigenvalue weighted by Gasteiger charge is 2.21. The van der Waals surface area contributed by atoms with Gasteiger partial charge in [0, 0.05) is 28.0 Å². The van der Waals surface area contributed by atoms with E-state index in [4.69, 9.17) is 11.6 Å². The molecule has 6 nitrogen and oxygen atoms in total. The molecule has 150 valence electrons. The molecule has 0 aliphatic carbocycles. The van der Waals surface area contributed by atoms with Gasteiger partial charge < -0.3 is 10.6 Å². The highest BCUT2D eigenvalue weighted by molar-refractivity contribution is 6.31. The summed E-state index contributed by atoms with van der Waals surface area (Å²) in [4.78, 5) is 24.7. The Morgan fingerprint density at radius 3 is 2.41 bits per heavy atom. The number of nitrogens with zero attached hydrogens (tertiary/aromatic N) is 2. The van der Waals surface area contributed by atoms with Crippen molar-refractivity contribution in [3.63, 3.8) is 0 Å². The van der Waals surface area contributed by atoms with Crippen molar-refractivity contribution < 1.29 is 9.59 Å². The lowest BCUT2D eigenvalue weighted by Gasteiger charge is -2.18. The number of anilines is 2. The van der Waals surface area contributed by atoms with E-state index in [9.17, 15) is 9.59 Å². The molecule has 2 amide bonds. The molecule has 0 saturated carbocycles. The molecular formula is C22H23ClN4O2. The van der Waals surface area contributed by atoms with E-state index in [0.29, 0.717) is 28.5 Å². The quantitative estimate of drug-likeness (QED) is 0.633. The maximum atomic E-state index is 12.6. The molecule has 2 N–H and O–H groups in total. The molecule has 29 heavy (non-hydrogen) atoms. The van der Waals surface area contributed by atoms with Gasteiger partial charge in [0.25, 0.3) is 5.91 Å². The van der Waals surface area contributed by atoms with Gasteiger partial charge in [-0.3, -0.25) is 14.3 Å². The Bertz CT molecular complexity index is 1040. The molecule has 2 aromatic carbocycles. The van der Waals surface area contributed by atoms with E-state index < -0.39 is 5.41 Å². The summed E-state index contributed by atoms with van der Waals surface area (Å²) in [7, 11) is 0. The van der Waals surface area contributed by atoms with E-state index in [1.165, 1.54) is 6.20 Å². The average molecular weight is 411 g/mol. The van der Waals surface area contributed by atoms with Gasteiger partial charge in [0.1, 0.15) is 0 Å². The number of hydrogen-bond acceptors (Lipinski definition) is 3. The Hall–Kier alpha value is -3.12. The van der Waals surface area contributed by atoms with Crippen molar-refractivity contribution in [3.05, 3.63) is 77.1 Å². The van der Waals surface area contributed by atoms with E-state index in [1.54, 1.807) is 35.1 Å². The van der Waals surface area contributed by atoms with Crippen LogP contribution in [0, 0.1) is 5.41 Å². The zero-order valence-electron chi connectivity index (χ0n) is 16.6. The largest absolute Gasteiger partial charge is 0.326 e. The first-order valence-electron chi connectivity index (χ1n) is 9.21. The summed E-state index contributed by atoms with van der Waals surface area (Å²) in [5.74, 6) is -0.378. The number of carbonyl (C=O) groups is 2. The monoisotopic (exact) mass is 410 g/mol. The number of hydrogen-bond donors (Lipinski definition) is 2. The van der Waals surface area contributed by atoms with Crippen LogP contribution in [0.4, 0.5) is 11.4 Å². The lowest BCUT2D eigenvalue weighted by molar-refractivity contribution is -0.123. The lowest BCUT2D eigenvalue weighted by Crippen LogP contribution is -2.27. The van der Waals surface area contributed by atoms with Crippen molar-refractivity contribution >= 4 is 34.8 Å². The molecule has 0 aliphatic heterocycles. The van der Waals surface area contributed by atoms with Crippen molar-refractivity contribution in [2.45, 2.75) is 27.3 Å². The number of rotatable bonds is 5. The Labute approximate surface area is 174 Å². The van der Waals surface area contributed by atoms with Crippen LogP contribution >= 0.6 is 11.6 Å². The molecule has 0 saturated heterocycles. The summed E-state index contributed by atoms with van der Waals surface area (Å²) in [5.41, 5.74) is 2.06. The molecule has 0 aliphatic rings. The second kappa shape index (κ2) is 8.49. The Kier molecular flexibility index (Phi) is 6.03. The van der Waals surface area contributed by atoms with Gasteiger partial charge in [-0.05, 0) is 29.8 Å². The first-order valence-corrected chi connectivity index (χ1v) is 9.59. The first-order chi connectivity index (χ1) is 13.7. The Balaban J connectivity index is 1.67. The molecule has 0 unspecified atom stereocenters. The summed E-state index contributed by atoms with van der Waals surface area (Å²) >= 11 is 6.18. The van der Waals surface area contributed by atoms with Crippen molar-refractivity contribution in [1.29, 1.82) is 0 Å². The fraction of sp³-hybridized carbons (Fsp3) is 0.227. The van der Waals surface area contributed by atoms with Gasteiger partial charge >= 0.3 is 0 Å². The number of nitrogens with one attached hydrogen (secondary N) is 2. The van der Waals surface area contributed by atoms with Crippen LogP contribution in [0.1, 0.15) is 36.7 Å². The van der Waals surface area contributed by atoms with Crippen molar-refractivity contribution in [1.82, 2.24) is 9.78 Å². The summed E-state index contributed by atoms with van der Waals surface area (Å²) in [5, 5.41) is 10.6. The van der Waals surface area contributed by atoms with Crippen LogP contribution in [-0.2, 0) is 11.3 Å². The van der Waals surface area contributed by atoms with Crippen LogP contribution in [0.3, 0.4) is 0 Å². The fourth-order valence-corrected chi connectivity index (χ4v) is 2.76. The molecule has 0 spiro atoms. The molecule has 1 aromatic heterocycles. The van der Waals surface area contributed by atoms with Crippen LogP contribution in [-0.4, -0.2) is 21.6 Å². The van der Waals surface area contributed by atoms with E-state index in [1.807, 2.05) is 45.0 Å². The van der Waals surface area contributed by atoms with E-state index in [0.717, 1.165) is 5.56 Å². The first kappa shape index (κ1) is 20.6. The van der Waals surface area contributed by atoms with Crippen LogP contribution in [0.25, 0.3) is 0 Å². The second-order valence-corrected chi connectivity index (χ2v) is 8.16. The average Bonchev–Trinajstić information content (AvgIpc) is 3.12. The third-order valence-electron chi connectivity index (χ3n) is 4.25. The number of halogens is 1. The van der Waals surface area contributed by atoms with Gasteiger partial charge in [0.2, 0.25) is 5.91 Å². The summed E-state index contributed by atoms with van der Waals surface area (Å²) < 4.78 is 1.66.